The molecule has 77 heavy (non-hydrogen) atoms. The minimum atomic E-state index is -1.81. The van der Waals surface area contributed by atoms with Gasteiger partial charge in [0.1, 0.15) is 48.8 Å². The summed E-state index contributed by atoms with van der Waals surface area (Å²) in [4.78, 5) is 13.2. The molecule has 0 saturated carbocycles. The first-order valence-corrected chi connectivity index (χ1v) is 29.6. The van der Waals surface area contributed by atoms with Crippen molar-refractivity contribution in [2.24, 2.45) is 0 Å². The van der Waals surface area contributed by atoms with Gasteiger partial charge in [-0.25, -0.2) is 0 Å². The standard InChI is InChI=1S/C63H105NO13/c1-3-5-7-9-11-13-15-17-19-21-23-24-25-26-27-29-30-32-34-36-38-40-42-44-46-52(67)51(64-55(68)47-45-43-41-39-37-35-33-31-28-22-20-18-16-14-12-10-8-6-4-2)50-74-62-60(73)58(71)61(54(49-66)76-62)77-63-59(72)57(70)56(69)53(48-65)75-63/h6,8,12,14,18,20,28-31,35-38,41,43-44,46,51-54,56-63,65-67,69-73H,3-5,7,9-11,13,15-17,19,21-27,32-34,39-40,42,45,47-50H2,1-2H3,(H,64,68)/b8-6-,14-12-,20-18-,30-29+,31-28-,37-35-,38-36+,43-41-,46-44+. The number of unbranched alkanes of at least 4 members (excludes halogenated alkanes) is 16. The van der Waals surface area contributed by atoms with Crippen molar-refractivity contribution in [1.82, 2.24) is 5.32 Å². The van der Waals surface area contributed by atoms with Gasteiger partial charge < -0.3 is 65.1 Å². The van der Waals surface area contributed by atoms with E-state index < -0.39 is 86.8 Å². The topological polar surface area (TPSA) is 228 Å². The average molecular weight is 1080 g/mol. The molecule has 0 aromatic rings. The molecule has 0 radical (unpaired) electrons. The molecular weight excluding hydrogens is 979 g/mol. The van der Waals surface area contributed by atoms with Crippen molar-refractivity contribution in [3.63, 3.8) is 0 Å². The van der Waals surface area contributed by atoms with E-state index in [1.54, 1.807) is 6.08 Å². The zero-order chi connectivity index (χ0) is 56.0. The van der Waals surface area contributed by atoms with E-state index in [1.807, 2.05) is 18.2 Å². The molecule has 12 atom stereocenters. The van der Waals surface area contributed by atoms with Crippen molar-refractivity contribution < 1.29 is 64.6 Å². The average Bonchev–Trinajstić information content (AvgIpc) is 3.44. The monoisotopic (exact) mass is 1080 g/mol. The molecule has 12 unspecified atom stereocenters. The van der Waals surface area contributed by atoms with Crippen LogP contribution in [0.4, 0.5) is 0 Å². The summed E-state index contributed by atoms with van der Waals surface area (Å²) in [6.07, 6.45) is 50.0. The molecule has 2 aliphatic heterocycles. The zero-order valence-corrected chi connectivity index (χ0v) is 47.2. The van der Waals surface area contributed by atoms with Gasteiger partial charge in [-0.1, -0.05) is 207 Å². The van der Waals surface area contributed by atoms with Gasteiger partial charge in [-0.2, -0.15) is 0 Å². The van der Waals surface area contributed by atoms with Gasteiger partial charge in [0.25, 0.3) is 0 Å². The molecule has 0 bridgehead atoms. The summed E-state index contributed by atoms with van der Waals surface area (Å²) in [7, 11) is 0. The predicted molar refractivity (Wildman–Crippen MR) is 309 cm³/mol. The number of allylic oxidation sites excluding steroid dienone is 17. The number of aliphatic hydroxyl groups is 8. The van der Waals surface area contributed by atoms with Gasteiger partial charge in [0.05, 0.1) is 32.0 Å². The Balaban J connectivity index is 1.84. The minimum Gasteiger partial charge on any atom is -0.394 e. The fraction of sp³-hybridized carbons (Fsp3) is 0.698. The number of ether oxygens (including phenoxy) is 4. The second kappa shape index (κ2) is 47.5. The molecule has 9 N–H and O–H groups in total. The molecule has 14 nitrogen and oxygen atoms in total. The molecule has 2 rings (SSSR count). The minimum absolute atomic E-state index is 0.138. The second-order valence-electron chi connectivity index (χ2n) is 20.4. The van der Waals surface area contributed by atoms with E-state index in [1.165, 1.54) is 89.9 Å². The summed E-state index contributed by atoms with van der Waals surface area (Å²) < 4.78 is 22.7. The molecule has 0 aromatic heterocycles. The van der Waals surface area contributed by atoms with Crippen LogP contribution in [0.3, 0.4) is 0 Å². The molecular formula is C63H105NO13. The summed E-state index contributed by atoms with van der Waals surface area (Å²) in [5.41, 5.74) is 0. The maximum atomic E-state index is 13.2. The summed E-state index contributed by atoms with van der Waals surface area (Å²) in [5.74, 6) is -0.339. The molecule has 2 aliphatic rings. The quantitative estimate of drug-likeness (QED) is 0.0205. The Hall–Kier alpha value is -3.35. The predicted octanol–water partition coefficient (Wildman–Crippen LogP) is 10.1. The number of carbonyl (C=O) groups is 1. The molecule has 440 valence electrons. The fourth-order valence-corrected chi connectivity index (χ4v) is 8.93. The second-order valence-corrected chi connectivity index (χ2v) is 20.4. The highest BCUT2D eigenvalue weighted by Crippen LogP contribution is 2.30. The Morgan fingerprint density at radius 2 is 0.909 bits per heavy atom. The van der Waals surface area contributed by atoms with E-state index in [0.29, 0.717) is 12.8 Å². The van der Waals surface area contributed by atoms with Gasteiger partial charge in [0.15, 0.2) is 12.6 Å². The highest BCUT2D eigenvalue weighted by atomic mass is 16.7. The van der Waals surface area contributed by atoms with E-state index in [4.69, 9.17) is 18.9 Å². The van der Waals surface area contributed by atoms with Crippen LogP contribution in [0.15, 0.2) is 109 Å². The lowest BCUT2D eigenvalue weighted by atomic mass is 9.97. The number of hydrogen-bond acceptors (Lipinski definition) is 13. The summed E-state index contributed by atoms with van der Waals surface area (Å²) in [6, 6.07) is -0.987. The summed E-state index contributed by atoms with van der Waals surface area (Å²) in [5, 5.41) is 87.0. The SMILES string of the molecule is CC/C=C\C/C=C\C/C=C\C/C=C\C/C=C\C/C=C\CCC(=O)NC(COC1OC(CO)C(OC2OC(CO)C(O)C(O)C2O)C(O)C1O)C(O)/C=C/CC/C=C/CC/C=C/CCCCCCCCCCCCCCCC. The molecule has 0 aromatic carbocycles. The normalized spacial score (nSPS) is 25.5. The van der Waals surface area contributed by atoms with E-state index in [-0.39, 0.29) is 18.9 Å². The molecule has 0 aliphatic carbocycles. The van der Waals surface area contributed by atoms with Crippen LogP contribution in [0, 0.1) is 0 Å². The zero-order valence-electron chi connectivity index (χ0n) is 47.2. The molecule has 14 heteroatoms. The highest BCUT2D eigenvalue weighted by molar-refractivity contribution is 5.76. The first-order chi connectivity index (χ1) is 37.6. The maximum absolute atomic E-state index is 13.2. The Bertz CT molecular complexity index is 1700. The fourth-order valence-electron chi connectivity index (χ4n) is 8.93. The van der Waals surface area contributed by atoms with Gasteiger partial charge >= 0.3 is 0 Å². The largest absolute Gasteiger partial charge is 0.394 e. The first-order valence-electron chi connectivity index (χ1n) is 29.6. The Labute approximate surface area is 464 Å². The van der Waals surface area contributed by atoms with Crippen molar-refractivity contribution in [1.29, 1.82) is 0 Å². The molecule has 2 saturated heterocycles. The van der Waals surface area contributed by atoms with E-state index in [2.05, 4.69) is 104 Å². The number of hydrogen-bond donors (Lipinski definition) is 9. The third-order valence-corrected chi connectivity index (χ3v) is 13.7. The van der Waals surface area contributed by atoms with Crippen LogP contribution in [0.5, 0.6) is 0 Å². The van der Waals surface area contributed by atoms with E-state index in [9.17, 15) is 45.6 Å². The first kappa shape index (κ1) is 69.8. The van der Waals surface area contributed by atoms with Crippen LogP contribution in [0.1, 0.15) is 187 Å². The molecule has 0 spiro atoms. The number of nitrogens with one attached hydrogen (secondary N) is 1. The number of aliphatic hydroxyl groups excluding tert-OH is 8. The highest BCUT2D eigenvalue weighted by Gasteiger charge is 2.51. The maximum Gasteiger partial charge on any atom is 0.220 e. The van der Waals surface area contributed by atoms with Crippen LogP contribution >= 0.6 is 0 Å². The Morgan fingerprint density at radius 1 is 0.481 bits per heavy atom. The molecule has 2 heterocycles. The van der Waals surface area contributed by atoms with Crippen LogP contribution in [-0.4, -0.2) is 140 Å². The van der Waals surface area contributed by atoms with Crippen molar-refractivity contribution in [3.8, 4) is 0 Å². The lowest BCUT2D eigenvalue weighted by molar-refractivity contribution is -0.359. The number of carbonyl (C=O) groups excluding carboxylic acids is 1. The third-order valence-electron chi connectivity index (χ3n) is 13.7. The Morgan fingerprint density at radius 3 is 1.42 bits per heavy atom. The van der Waals surface area contributed by atoms with E-state index in [0.717, 1.165) is 64.2 Å². The van der Waals surface area contributed by atoms with Gasteiger partial charge in [-0.15, -0.1) is 0 Å². The van der Waals surface area contributed by atoms with Crippen molar-refractivity contribution in [2.45, 2.75) is 261 Å². The summed E-state index contributed by atoms with van der Waals surface area (Å²) in [6.45, 7) is 2.60. The Kier molecular flexibility index (Phi) is 43.0. The lowest BCUT2D eigenvalue weighted by Gasteiger charge is -2.46. The number of rotatable bonds is 45. The summed E-state index contributed by atoms with van der Waals surface area (Å²) >= 11 is 0. The third kappa shape index (κ3) is 33.1. The van der Waals surface area contributed by atoms with Gasteiger partial charge in [-0.05, 0) is 83.5 Å². The molecule has 1 amide bonds. The van der Waals surface area contributed by atoms with Gasteiger partial charge in [-0.3, -0.25) is 4.79 Å². The van der Waals surface area contributed by atoms with Crippen molar-refractivity contribution in [3.05, 3.63) is 109 Å². The lowest BCUT2D eigenvalue weighted by Crippen LogP contribution is -2.65. The molecule has 2 fully saturated rings. The number of amides is 1. The van der Waals surface area contributed by atoms with Crippen LogP contribution in [-0.2, 0) is 23.7 Å². The van der Waals surface area contributed by atoms with Crippen LogP contribution < -0.4 is 5.32 Å². The van der Waals surface area contributed by atoms with E-state index >= 15 is 0 Å². The van der Waals surface area contributed by atoms with Gasteiger partial charge in [0, 0.05) is 6.42 Å². The van der Waals surface area contributed by atoms with Crippen molar-refractivity contribution in [2.75, 3.05) is 19.8 Å². The van der Waals surface area contributed by atoms with Crippen LogP contribution in [0.2, 0.25) is 0 Å². The smallest absolute Gasteiger partial charge is 0.220 e. The van der Waals surface area contributed by atoms with Crippen LogP contribution in [0.25, 0.3) is 0 Å². The van der Waals surface area contributed by atoms with Gasteiger partial charge in [0.2, 0.25) is 5.91 Å². The van der Waals surface area contributed by atoms with Crippen molar-refractivity contribution >= 4 is 5.91 Å².